The Balaban J connectivity index is 1.16. The number of para-hydroxylation sites is 2. The van der Waals surface area contributed by atoms with E-state index in [4.69, 9.17) is 15.7 Å². The summed E-state index contributed by atoms with van der Waals surface area (Å²) in [5, 5.41) is 9.83. The number of fused-ring (bicyclic) bond motifs is 1. The lowest BCUT2D eigenvalue weighted by molar-refractivity contribution is 0.103. The van der Waals surface area contributed by atoms with E-state index in [9.17, 15) is 4.79 Å². The van der Waals surface area contributed by atoms with E-state index in [2.05, 4.69) is 32.1 Å². The maximum atomic E-state index is 12.7. The summed E-state index contributed by atoms with van der Waals surface area (Å²) in [6.07, 6.45) is 7.83. The summed E-state index contributed by atoms with van der Waals surface area (Å²) >= 11 is 2.89. The molecule has 37 heavy (non-hydrogen) atoms. The van der Waals surface area contributed by atoms with Gasteiger partial charge in [0, 0.05) is 23.7 Å². The maximum Gasteiger partial charge on any atom is 0.265 e. The van der Waals surface area contributed by atoms with E-state index in [1.54, 1.807) is 18.2 Å². The fourth-order valence-electron chi connectivity index (χ4n) is 4.62. The maximum absolute atomic E-state index is 12.7. The van der Waals surface area contributed by atoms with Crippen molar-refractivity contribution in [3.05, 3.63) is 76.7 Å². The number of nitrogens with one attached hydrogen (secondary N) is 2. The van der Waals surface area contributed by atoms with E-state index < -0.39 is 0 Å². The number of aromatic nitrogens is 3. The summed E-state index contributed by atoms with van der Waals surface area (Å²) < 4.78 is 2.13. The van der Waals surface area contributed by atoms with Crippen LogP contribution in [0.15, 0.2) is 66.3 Å². The van der Waals surface area contributed by atoms with Crippen LogP contribution in [0.1, 0.15) is 34.5 Å². The molecule has 1 amide bonds. The topological polar surface area (TPSA) is 101 Å². The third kappa shape index (κ3) is 5.08. The lowest BCUT2D eigenvalue weighted by Gasteiger charge is -2.26. The molecule has 1 aliphatic heterocycles. The minimum Gasteiger partial charge on any atom is -0.397 e. The predicted molar refractivity (Wildman–Crippen MR) is 152 cm³/mol. The largest absolute Gasteiger partial charge is 0.397 e. The number of thiophene rings is 1. The van der Waals surface area contributed by atoms with Crippen LogP contribution in [-0.4, -0.2) is 38.3 Å². The zero-order chi connectivity index (χ0) is 25.2. The number of likely N-dealkylation sites (tertiary alicyclic amines) is 1. The van der Waals surface area contributed by atoms with Crippen LogP contribution < -0.4 is 16.4 Å². The molecule has 10 heteroatoms. The number of nitrogens with zero attached hydrogens (tertiary/aromatic N) is 4. The van der Waals surface area contributed by atoms with Gasteiger partial charge in [-0.2, -0.15) is 0 Å². The third-order valence-electron chi connectivity index (χ3n) is 6.49. The third-order valence-corrected chi connectivity index (χ3v) is 8.25. The second-order valence-electron chi connectivity index (χ2n) is 9.08. The molecule has 4 aromatic heterocycles. The second kappa shape index (κ2) is 10.3. The molecule has 1 saturated heterocycles. The lowest BCUT2D eigenvalue weighted by Crippen LogP contribution is -2.29. The zero-order valence-electron chi connectivity index (χ0n) is 20.2. The van der Waals surface area contributed by atoms with E-state index in [0.29, 0.717) is 16.3 Å². The number of hydrogen-bond acceptors (Lipinski definition) is 8. The minimum atomic E-state index is -0.193. The van der Waals surface area contributed by atoms with Crippen molar-refractivity contribution < 1.29 is 4.79 Å². The van der Waals surface area contributed by atoms with Crippen LogP contribution in [0.25, 0.3) is 17.0 Å². The van der Waals surface area contributed by atoms with Gasteiger partial charge in [0.2, 0.25) is 0 Å². The number of nitrogen functional groups attached to an aromatic ring is 1. The molecule has 0 radical (unpaired) electrons. The number of hydrogen-bond donors (Lipinski definition) is 3. The Morgan fingerprint density at radius 3 is 2.78 bits per heavy atom. The first-order valence-electron chi connectivity index (χ1n) is 12.3. The van der Waals surface area contributed by atoms with Crippen molar-refractivity contribution in [1.82, 2.24) is 19.3 Å². The van der Waals surface area contributed by atoms with Crippen LogP contribution in [-0.2, 0) is 6.54 Å². The molecule has 0 bridgehead atoms. The number of carbonyl (C=O) groups is 1. The lowest BCUT2D eigenvalue weighted by atomic mass is 10.1. The van der Waals surface area contributed by atoms with Gasteiger partial charge in [0.05, 0.1) is 33.1 Å². The van der Waals surface area contributed by atoms with Crippen molar-refractivity contribution in [1.29, 1.82) is 0 Å². The van der Waals surface area contributed by atoms with E-state index >= 15 is 0 Å². The Kier molecular flexibility index (Phi) is 6.60. The van der Waals surface area contributed by atoms with Crippen LogP contribution in [0.2, 0.25) is 0 Å². The van der Waals surface area contributed by atoms with Gasteiger partial charge in [0.1, 0.15) is 11.3 Å². The molecule has 0 atom stereocenters. The van der Waals surface area contributed by atoms with Gasteiger partial charge in [-0.05, 0) is 56.3 Å². The highest BCUT2D eigenvalue weighted by Crippen LogP contribution is 2.32. The van der Waals surface area contributed by atoms with Gasteiger partial charge in [0.15, 0.2) is 5.13 Å². The Morgan fingerprint density at radius 2 is 1.92 bits per heavy atom. The number of piperidine rings is 1. The fourth-order valence-corrected chi connectivity index (χ4v) is 6.20. The molecule has 6 rings (SSSR count). The van der Waals surface area contributed by atoms with Gasteiger partial charge in [0.25, 0.3) is 5.91 Å². The molecule has 5 heterocycles. The highest BCUT2D eigenvalue weighted by atomic mass is 32.1. The standard InChI is InChI=1S/C27H27N7OS2/c28-19-8-2-3-9-20(19)30-26(35)23-10-11-24(37-23)32-27-31-21(17-36-27)22-15-29-25-18(7-6-14-34(22)25)16-33-12-4-1-5-13-33/h2-3,6-11,14-15,17H,1,4-5,12-13,16,28H2,(H,30,35)(H,31,32). The molecule has 0 saturated carbocycles. The predicted octanol–water partition coefficient (Wildman–Crippen LogP) is 6.08. The number of nitrogens with two attached hydrogens (primary N) is 1. The number of imidazole rings is 1. The van der Waals surface area contributed by atoms with Gasteiger partial charge in [-0.15, -0.1) is 22.7 Å². The molecule has 4 N–H and O–H groups in total. The Morgan fingerprint density at radius 1 is 1.05 bits per heavy atom. The molecule has 1 aromatic carbocycles. The molecule has 5 aromatic rings. The second-order valence-corrected chi connectivity index (χ2v) is 11.0. The first kappa shape index (κ1) is 23.7. The smallest absolute Gasteiger partial charge is 0.265 e. The van der Waals surface area contributed by atoms with Crippen molar-refractivity contribution >= 4 is 55.7 Å². The molecule has 0 unspecified atom stereocenters. The molecular weight excluding hydrogens is 502 g/mol. The summed E-state index contributed by atoms with van der Waals surface area (Å²) in [7, 11) is 0. The number of rotatable bonds is 7. The monoisotopic (exact) mass is 529 g/mol. The number of carbonyl (C=O) groups excluding carboxylic acids is 1. The molecule has 188 valence electrons. The average molecular weight is 530 g/mol. The number of benzene rings is 1. The van der Waals surface area contributed by atoms with E-state index in [1.807, 2.05) is 36.0 Å². The van der Waals surface area contributed by atoms with Crippen molar-refractivity contribution in [3.63, 3.8) is 0 Å². The molecule has 1 aliphatic rings. The highest BCUT2D eigenvalue weighted by Gasteiger charge is 2.17. The van der Waals surface area contributed by atoms with E-state index in [1.165, 1.54) is 47.5 Å². The molecular formula is C27H27N7OS2. The SMILES string of the molecule is Nc1ccccc1NC(=O)c1ccc(Nc2nc(-c3cnc4c(CN5CCCCC5)cccn34)cs2)s1. The first-order chi connectivity index (χ1) is 18.1. The van der Waals surface area contributed by atoms with Crippen LogP contribution in [0.5, 0.6) is 0 Å². The molecule has 0 aliphatic carbocycles. The van der Waals surface area contributed by atoms with E-state index in [0.717, 1.165) is 46.8 Å². The average Bonchev–Trinajstić information content (AvgIpc) is 3.67. The Labute approximate surface area is 222 Å². The van der Waals surface area contributed by atoms with Crippen LogP contribution in [0.4, 0.5) is 21.5 Å². The number of thiazole rings is 1. The number of pyridine rings is 1. The van der Waals surface area contributed by atoms with Gasteiger partial charge >= 0.3 is 0 Å². The zero-order valence-corrected chi connectivity index (χ0v) is 21.8. The summed E-state index contributed by atoms with van der Waals surface area (Å²) in [6, 6.07) is 15.2. The van der Waals surface area contributed by atoms with Crippen LogP contribution in [0, 0.1) is 0 Å². The van der Waals surface area contributed by atoms with Crippen molar-refractivity contribution in [3.8, 4) is 11.4 Å². The molecule has 1 fully saturated rings. The van der Waals surface area contributed by atoms with Crippen LogP contribution in [0.3, 0.4) is 0 Å². The van der Waals surface area contributed by atoms with Crippen molar-refractivity contribution in [2.75, 3.05) is 29.5 Å². The van der Waals surface area contributed by atoms with E-state index in [-0.39, 0.29) is 5.91 Å². The highest BCUT2D eigenvalue weighted by molar-refractivity contribution is 7.19. The first-order valence-corrected chi connectivity index (χ1v) is 14.0. The number of anilines is 4. The van der Waals surface area contributed by atoms with Crippen molar-refractivity contribution in [2.24, 2.45) is 0 Å². The summed E-state index contributed by atoms with van der Waals surface area (Å²) in [5.74, 6) is -0.193. The summed E-state index contributed by atoms with van der Waals surface area (Å²) in [6.45, 7) is 3.24. The Hall–Kier alpha value is -3.73. The van der Waals surface area contributed by atoms with Gasteiger partial charge in [-0.3, -0.25) is 14.1 Å². The van der Waals surface area contributed by atoms with Gasteiger partial charge in [-0.1, -0.05) is 24.6 Å². The minimum absolute atomic E-state index is 0.193. The summed E-state index contributed by atoms with van der Waals surface area (Å²) in [5.41, 5.74) is 11.1. The van der Waals surface area contributed by atoms with Gasteiger partial charge in [-0.25, -0.2) is 9.97 Å². The fraction of sp³-hybridized carbons (Fsp3) is 0.222. The molecule has 8 nitrogen and oxygen atoms in total. The van der Waals surface area contributed by atoms with Crippen molar-refractivity contribution in [2.45, 2.75) is 25.8 Å². The normalized spacial score (nSPS) is 14.2. The quantitative estimate of drug-likeness (QED) is 0.221. The Bertz CT molecular complexity index is 1550. The summed E-state index contributed by atoms with van der Waals surface area (Å²) in [4.78, 5) is 25.3. The van der Waals surface area contributed by atoms with Crippen LogP contribution >= 0.6 is 22.7 Å². The van der Waals surface area contributed by atoms with Gasteiger partial charge < -0.3 is 16.4 Å². The molecule has 0 spiro atoms. The number of amides is 1.